The summed E-state index contributed by atoms with van der Waals surface area (Å²) in [5, 5.41) is 3.97. The summed E-state index contributed by atoms with van der Waals surface area (Å²) in [5.74, 6) is 1.07. The van der Waals surface area contributed by atoms with Crippen molar-refractivity contribution in [2.45, 2.75) is 33.7 Å². The zero-order valence-corrected chi connectivity index (χ0v) is 11.3. The van der Waals surface area contributed by atoms with E-state index in [0.29, 0.717) is 11.7 Å². The molecule has 1 heterocycles. The molecule has 0 saturated carbocycles. The first kappa shape index (κ1) is 12.8. The highest BCUT2D eigenvalue weighted by molar-refractivity contribution is 5.53. The second kappa shape index (κ2) is 4.53. The van der Waals surface area contributed by atoms with Crippen molar-refractivity contribution in [2.24, 2.45) is 11.1 Å². The number of nitrogens with zero attached hydrogens (tertiary/aromatic N) is 2. The standard InChI is InChI=1S/C14H19N3O/c1-9-5-7-10(8-6-9)13-16-12(17-18-13)11(15)14(2,3)4/h5-8,11H,15H2,1-4H3. The molecule has 1 atom stereocenters. The van der Waals surface area contributed by atoms with Crippen LogP contribution in [0.25, 0.3) is 11.5 Å². The summed E-state index contributed by atoms with van der Waals surface area (Å²) in [7, 11) is 0. The van der Waals surface area contributed by atoms with Crippen LogP contribution in [0.15, 0.2) is 28.8 Å². The van der Waals surface area contributed by atoms with E-state index < -0.39 is 0 Å². The van der Waals surface area contributed by atoms with Crippen LogP contribution in [0, 0.1) is 12.3 Å². The highest BCUT2D eigenvalue weighted by atomic mass is 16.5. The van der Waals surface area contributed by atoms with E-state index in [0.717, 1.165) is 5.56 Å². The van der Waals surface area contributed by atoms with Gasteiger partial charge in [-0.3, -0.25) is 0 Å². The van der Waals surface area contributed by atoms with Gasteiger partial charge in [-0.2, -0.15) is 4.98 Å². The number of aromatic nitrogens is 2. The molecule has 0 spiro atoms. The van der Waals surface area contributed by atoms with Gasteiger partial charge >= 0.3 is 0 Å². The summed E-state index contributed by atoms with van der Waals surface area (Å²) in [6.45, 7) is 8.21. The maximum absolute atomic E-state index is 6.10. The fraction of sp³-hybridized carbons (Fsp3) is 0.429. The molecule has 96 valence electrons. The summed E-state index contributed by atoms with van der Waals surface area (Å²) >= 11 is 0. The maximum Gasteiger partial charge on any atom is 0.257 e. The Labute approximate surface area is 107 Å². The van der Waals surface area contributed by atoms with E-state index in [1.54, 1.807) is 0 Å². The lowest BCUT2D eigenvalue weighted by Gasteiger charge is -2.23. The first-order valence-electron chi connectivity index (χ1n) is 6.04. The van der Waals surface area contributed by atoms with Crippen LogP contribution < -0.4 is 5.73 Å². The minimum Gasteiger partial charge on any atom is -0.334 e. The second-order valence-electron chi connectivity index (χ2n) is 5.67. The van der Waals surface area contributed by atoms with Crippen LogP contribution in [0.2, 0.25) is 0 Å². The van der Waals surface area contributed by atoms with Gasteiger partial charge in [0.15, 0.2) is 5.82 Å². The molecule has 1 aromatic carbocycles. The Kier molecular flexibility index (Phi) is 3.22. The minimum atomic E-state index is -0.236. The molecule has 0 saturated heterocycles. The molecule has 2 rings (SSSR count). The largest absolute Gasteiger partial charge is 0.334 e. The molecule has 0 amide bonds. The number of aryl methyl sites for hydroxylation is 1. The third-order valence-electron chi connectivity index (χ3n) is 2.95. The number of hydrogen-bond acceptors (Lipinski definition) is 4. The highest BCUT2D eigenvalue weighted by Crippen LogP contribution is 2.29. The van der Waals surface area contributed by atoms with Gasteiger partial charge in [0.2, 0.25) is 0 Å². The maximum atomic E-state index is 6.10. The van der Waals surface area contributed by atoms with E-state index in [-0.39, 0.29) is 11.5 Å². The van der Waals surface area contributed by atoms with Gasteiger partial charge < -0.3 is 10.3 Å². The van der Waals surface area contributed by atoms with Crippen molar-refractivity contribution in [3.8, 4) is 11.5 Å². The van der Waals surface area contributed by atoms with Crippen molar-refractivity contribution in [3.63, 3.8) is 0 Å². The van der Waals surface area contributed by atoms with Gasteiger partial charge in [0.05, 0.1) is 6.04 Å². The van der Waals surface area contributed by atoms with Crippen molar-refractivity contribution in [3.05, 3.63) is 35.7 Å². The fourth-order valence-electron chi connectivity index (χ4n) is 1.56. The van der Waals surface area contributed by atoms with Crippen molar-refractivity contribution < 1.29 is 4.52 Å². The zero-order valence-electron chi connectivity index (χ0n) is 11.3. The van der Waals surface area contributed by atoms with E-state index in [4.69, 9.17) is 10.3 Å². The van der Waals surface area contributed by atoms with Gasteiger partial charge in [0, 0.05) is 5.56 Å². The molecule has 2 N–H and O–H groups in total. The zero-order chi connectivity index (χ0) is 13.3. The van der Waals surface area contributed by atoms with Crippen LogP contribution in [0.5, 0.6) is 0 Å². The fourth-order valence-corrected chi connectivity index (χ4v) is 1.56. The molecule has 2 aromatic rings. The quantitative estimate of drug-likeness (QED) is 0.883. The van der Waals surface area contributed by atoms with E-state index in [2.05, 4.69) is 30.9 Å². The first-order valence-corrected chi connectivity index (χ1v) is 6.04. The summed E-state index contributed by atoms with van der Waals surface area (Å²) in [4.78, 5) is 4.37. The summed E-state index contributed by atoms with van der Waals surface area (Å²) < 4.78 is 5.27. The van der Waals surface area contributed by atoms with E-state index in [1.165, 1.54) is 5.56 Å². The van der Waals surface area contributed by atoms with Crippen LogP contribution in [0.4, 0.5) is 0 Å². The Morgan fingerprint density at radius 1 is 1.17 bits per heavy atom. The molecule has 0 aliphatic heterocycles. The molecule has 0 aliphatic rings. The van der Waals surface area contributed by atoms with E-state index in [9.17, 15) is 0 Å². The smallest absolute Gasteiger partial charge is 0.257 e. The van der Waals surface area contributed by atoms with Crippen molar-refractivity contribution >= 4 is 0 Å². The molecule has 1 aromatic heterocycles. The predicted octanol–water partition coefficient (Wildman–Crippen LogP) is 3.09. The van der Waals surface area contributed by atoms with Crippen molar-refractivity contribution in [1.29, 1.82) is 0 Å². The lowest BCUT2D eigenvalue weighted by molar-refractivity contribution is 0.303. The van der Waals surface area contributed by atoms with Gasteiger partial charge in [0.25, 0.3) is 5.89 Å². The molecule has 4 heteroatoms. The Morgan fingerprint density at radius 2 is 1.78 bits per heavy atom. The van der Waals surface area contributed by atoms with Crippen LogP contribution in [0.3, 0.4) is 0 Å². The molecule has 4 nitrogen and oxygen atoms in total. The van der Waals surface area contributed by atoms with E-state index in [1.807, 2.05) is 31.2 Å². The summed E-state index contributed by atoms with van der Waals surface area (Å²) in [6.07, 6.45) is 0. The monoisotopic (exact) mass is 245 g/mol. The van der Waals surface area contributed by atoms with Gasteiger partial charge in [0.1, 0.15) is 0 Å². The topological polar surface area (TPSA) is 64.9 Å². The van der Waals surface area contributed by atoms with Gasteiger partial charge in [-0.05, 0) is 24.5 Å². The van der Waals surface area contributed by atoms with E-state index >= 15 is 0 Å². The molecular formula is C14H19N3O. The number of hydrogen-bond donors (Lipinski definition) is 1. The highest BCUT2D eigenvalue weighted by Gasteiger charge is 2.27. The average Bonchev–Trinajstić information content (AvgIpc) is 2.77. The van der Waals surface area contributed by atoms with Crippen LogP contribution >= 0.6 is 0 Å². The van der Waals surface area contributed by atoms with Gasteiger partial charge in [-0.15, -0.1) is 0 Å². The number of rotatable bonds is 2. The Morgan fingerprint density at radius 3 is 2.33 bits per heavy atom. The minimum absolute atomic E-state index is 0.0889. The third-order valence-corrected chi connectivity index (χ3v) is 2.95. The molecule has 0 aliphatic carbocycles. The first-order chi connectivity index (χ1) is 8.38. The molecular weight excluding hydrogens is 226 g/mol. The SMILES string of the molecule is Cc1ccc(-c2nc(C(N)C(C)(C)C)no2)cc1. The summed E-state index contributed by atoms with van der Waals surface area (Å²) in [5.41, 5.74) is 8.13. The molecule has 18 heavy (non-hydrogen) atoms. The Balaban J connectivity index is 2.28. The molecule has 1 unspecified atom stereocenters. The third kappa shape index (κ3) is 2.59. The number of benzene rings is 1. The lowest BCUT2D eigenvalue weighted by Crippen LogP contribution is -2.27. The van der Waals surface area contributed by atoms with Gasteiger partial charge in [-0.1, -0.05) is 43.6 Å². The lowest BCUT2D eigenvalue weighted by atomic mass is 9.87. The Hall–Kier alpha value is -1.68. The van der Waals surface area contributed by atoms with Crippen LogP contribution in [0.1, 0.15) is 38.2 Å². The Bertz CT molecular complexity index is 523. The van der Waals surface area contributed by atoms with Crippen molar-refractivity contribution in [2.75, 3.05) is 0 Å². The van der Waals surface area contributed by atoms with Crippen LogP contribution in [-0.4, -0.2) is 10.1 Å². The van der Waals surface area contributed by atoms with Crippen LogP contribution in [-0.2, 0) is 0 Å². The van der Waals surface area contributed by atoms with Gasteiger partial charge in [-0.25, -0.2) is 0 Å². The number of nitrogens with two attached hydrogens (primary N) is 1. The predicted molar refractivity (Wildman–Crippen MR) is 70.9 cm³/mol. The second-order valence-corrected chi connectivity index (χ2v) is 5.67. The normalized spacial score (nSPS) is 13.6. The molecule has 0 bridgehead atoms. The molecule has 0 radical (unpaired) electrons. The average molecular weight is 245 g/mol. The summed E-state index contributed by atoms with van der Waals surface area (Å²) in [6, 6.07) is 7.73. The van der Waals surface area contributed by atoms with Crippen molar-refractivity contribution in [1.82, 2.24) is 10.1 Å². The molecule has 0 fully saturated rings.